The molecule has 4 rings (SSSR count). The van der Waals surface area contributed by atoms with E-state index in [2.05, 4.69) is 22.3 Å². The Labute approximate surface area is 161 Å². The maximum atomic E-state index is 12.7. The summed E-state index contributed by atoms with van der Waals surface area (Å²) < 4.78 is 11.4. The molecule has 3 saturated heterocycles. The van der Waals surface area contributed by atoms with Crippen LogP contribution < -0.4 is 5.32 Å². The van der Waals surface area contributed by atoms with E-state index in [9.17, 15) is 4.79 Å². The highest BCUT2D eigenvalue weighted by molar-refractivity contribution is 5.74. The summed E-state index contributed by atoms with van der Waals surface area (Å²) in [5, 5.41) is 3.25. The maximum absolute atomic E-state index is 12.7. The molecule has 6 heteroatoms. The van der Waals surface area contributed by atoms with Gasteiger partial charge in [-0.3, -0.25) is 0 Å². The number of urea groups is 1. The average Bonchev–Trinajstić information content (AvgIpc) is 3.23. The number of nitrogens with one attached hydrogen (secondary N) is 1. The van der Waals surface area contributed by atoms with Crippen molar-refractivity contribution < 1.29 is 14.3 Å². The third-order valence-electron chi connectivity index (χ3n) is 5.98. The Morgan fingerprint density at radius 3 is 2.63 bits per heavy atom. The number of hydrogen-bond donors (Lipinski definition) is 1. The number of ether oxygens (including phenoxy) is 2. The number of likely N-dealkylation sites (tertiary alicyclic amines) is 1. The van der Waals surface area contributed by atoms with Gasteiger partial charge in [-0.15, -0.1) is 0 Å². The van der Waals surface area contributed by atoms with E-state index in [1.165, 1.54) is 6.42 Å². The van der Waals surface area contributed by atoms with Crippen LogP contribution in [0.25, 0.3) is 0 Å². The molecule has 0 spiro atoms. The zero-order valence-corrected chi connectivity index (χ0v) is 16.0. The van der Waals surface area contributed by atoms with Gasteiger partial charge in [-0.1, -0.05) is 30.3 Å². The highest BCUT2D eigenvalue weighted by Gasteiger charge is 2.28. The van der Waals surface area contributed by atoms with Crippen molar-refractivity contribution >= 4 is 6.03 Å². The molecule has 0 radical (unpaired) electrons. The Bertz CT molecular complexity index is 598. The van der Waals surface area contributed by atoms with Gasteiger partial charge in [0, 0.05) is 38.8 Å². The van der Waals surface area contributed by atoms with Crippen molar-refractivity contribution in [3.05, 3.63) is 35.9 Å². The summed E-state index contributed by atoms with van der Waals surface area (Å²) in [6.07, 6.45) is 3.23. The van der Waals surface area contributed by atoms with E-state index < -0.39 is 0 Å². The van der Waals surface area contributed by atoms with E-state index in [0.717, 1.165) is 51.3 Å². The molecule has 0 bridgehead atoms. The lowest BCUT2D eigenvalue weighted by molar-refractivity contribution is -0.0160. The van der Waals surface area contributed by atoms with Gasteiger partial charge in [0.1, 0.15) is 6.10 Å². The molecule has 1 aromatic carbocycles. The topological polar surface area (TPSA) is 54.0 Å². The maximum Gasteiger partial charge on any atom is 0.317 e. The van der Waals surface area contributed by atoms with Gasteiger partial charge >= 0.3 is 6.03 Å². The van der Waals surface area contributed by atoms with E-state index in [1.54, 1.807) is 0 Å². The largest absolute Gasteiger partial charge is 0.381 e. The van der Waals surface area contributed by atoms with E-state index >= 15 is 0 Å². The molecule has 1 aromatic rings. The van der Waals surface area contributed by atoms with Crippen LogP contribution in [0, 0.1) is 5.92 Å². The molecule has 3 aliphatic rings. The smallest absolute Gasteiger partial charge is 0.317 e. The van der Waals surface area contributed by atoms with Gasteiger partial charge in [0.25, 0.3) is 0 Å². The number of amides is 2. The molecule has 0 saturated carbocycles. The van der Waals surface area contributed by atoms with Gasteiger partial charge in [0.15, 0.2) is 0 Å². The van der Waals surface area contributed by atoms with Crippen LogP contribution in [0.5, 0.6) is 0 Å². The first kappa shape index (κ1) is 18.7. The van der Waals surface area contributed by atoms with Crippen LogP contribution in [-0.2, 0) is 9.47 Å². The second-order valence-electron chi connectivity index (χ2n) is 7.97. The van der Waals surface area contributed by atoms with E-state index in [4.69, 9.17) is 9.47 Å². The summed E-state index contributed by atoms with van der Waals surface area (Å²) in [6.45, 7) is 6.98. The fourth-order valence-electron chi connectivity index (χ4n) is 4.32. The zero-order chi connectivity index (χ0) is 18.5. The first-order valence-corrected chi connectivity index (χ1v) is 10.3. The third kappa shape index (κ3) is 5.00. The Kier molecular flexibility index (Phi) is 6.27. The summed E-state index contributed by atoms with van der Waals surface area (Å²) in [5.41, 5.74) is 1.14. The number of carbonyl (C=O) groups is 1. The predicted octanol–water partition coefficient (Wildman–Crippen LogP) is 2.27. The minimum Gasteiger partial charge on any atom is -0.381 e. The molecule has 2 atom stereocenters. The second-order valence-corrected chi connectivity index (χ2v) is 7.97. The highest BCUT2D eigenvalue weighted by Crippen LogP contribution is 2.22. The molecule has 3 aliphatic heterocycles. The summed E-state index contributed by atoms with van der Waals surface area (Å²) in [6, 6.07) is 10.5. The van der Waals surface area contributed by atoms with Crippen LogP contribution in [0.1, 0.15) is 30.9 Å². The number of morpholine rings is 1. The van der Waals surface area contributed by atoms with Gasteiger partial charge in [-0.05, 0) is 30.7 Å². The molecular formula is C21H31N3O3. The van der Waals surface area contributed by atoms with Crippen molar-refractivity contribution in [1.29, 1.82) is 0 Å². The Morgan fingerprint density at radius 2 is 1.89 bits per heavy atom. The van der Waals surface area contributed by atoms with Crippen LogP contribution in [0.2, 0.25) is 0 Å². The molecule has 2 unspecified atom stereocenters. The number of carbonyl (C=O) groups excluding carboxylic acids is 1. The molecule has 0 aliphatic carbocycles. The summed E-state index contributed by atoms with van der Waals surface area (Å²) in [5.74, 6) is 0.694. The Hall–Kier alpha value is -1.63. The SMILES string of the molecule is O=C(NC1CCN(CC2CCOC2)CC1)N1CCOC(c2ccccc2)C1. The lowest BCUT2D eigenvalue weighted by Crippen LogP contribution is -2.52. The quantitative estimate of drug-likeness (QED) is 0.880. The molecule has 0 aromatic heterocycles. The molecular weight excluding hydrogens is 342 g/mol. The number of hydrogen-bond acceptors (Lipinski definition) is 4. The monoisotopic (exact) mass is 373 g/mol. The number of benzene rings is 1. The normalized spacial score (nSPS) is 27.6. The van der Waals surface area contributed by atoms with Crippen LogP contribution in [0.4, 0.5) is 4.79 Å². The van der Waals surface area contributed by atoms with Crippen molar-refractivity contribution in [2.24, 2.45) is 5.92 Å². The van der Waals surface area contributed by atoms with Gasteiger partial charge < -0.3 is 24.6 Å². The van der Waals surface area contributed by atoms with Crippen molar-refractivity contribution in [2.45, 2.75) is 31.4 Å². The Balaban J connectivity index is 1.22. The molecule has 3 heterocycles. The van der Waals surface area contributed by atoms with Gasteiger partial charge in [0.2, 0.25) is 0 Å². The zero-order valence-electron chi connectivity index (χ0n) is 16.0. The van der Waals surface area contributed by atoms with E-state index in [1.807, 2.05) is 23.1 Å². The summed E-state index contributed by atoms with van der Waals surface area (Å²) in [4.78, 5) is 17.2. The highest BCUT2D eigenvalue weighted by atomic mass is 16.5. The second kappa shape index (κ2) is 9.04. The third-order valence-corrected chi connectivity index (χ3v) is 5.98. The molecule has 2 amide bonds. The van der Waals surface area contributed by atoms with E-state index in [0.29, 0.717) is 25.6 Å². The van der Waals surface area contributed by atoms with Crippen molar-refractivity contribution in [1.82, 2.24) is 15.1 Å². The van der Waals surface area contributed by atoms with Gasteiger partial charge in [0.05, 0.1) is 19.8 Å². The minimum atomic E-state index is -0.0267. The first-order valence-electron chi connectivity index (χ1n) is 10.3. The predicted molar refractivity (Wildman–Crippen MR) is 104 cm³/mol. The molecule has 3 fully saturated rings. The minimum absolute atomic E-state index is 0.0267. The molecule has 6 nitrogen and oxygen atoms in total. The molecule has 27 heavy (non-hydrogen) atoms. The lowest BCUT2D eigenvalue weighted by atomic mass is 10.0. The fraction of sp³-hybridized carbons (Fsp3) is 0.667. The van der Waals surface area contributed by atoms with Crippen molar-refractivity contribution in [2.75, 3.05) is 52.5 Å². The number of rotatable bonds is 4. The van der Waals surface area contributed by atoms with Crippen LogP contribution in [0.3, 0.4) is 0 Å². The first-order chi connectivity index (χ1) is 13.3. The number of nitrogens with zero attached hydrogens (tertiary/aromatic N) is 2. The Morgan fingerprint density at radius 1 is 1.07 bits per heavy atom. The average molecular weight is 373 g/mol. The van der Waals surface area contributed by atoms with Crippen molar-refractivity contribution in [3.63, 3.8) is 0 Å². The lowest BCUT2D eigenvalue weighted by Gasteiger charge is -2.37. The van der Waals surface area contributed by atoms with Gasteiger partial charge in [-0.25, -0.2) is 4.79 Å². The molecule has 148 valence electrons. The van der Waals surface area contributed by atoms with Crippen molar-refractivity contribution in [3.8, 4) is 0 Å². The summed E-state index contributed by atoms with van der Waals surface area (Å²) in [7, 11) is 0. The van der Waals surface area contributed by atoms with Crippen LogP contribution in [0.15, 0.2) is 30.3 Å². The van der Waals surface area contributed by atoms with Crippen LogP contribution in [-0.4, -0.2) is 74.4 Å². The summed E-state index contributed by atoms with van der Waals surface area (Å²) >= 11 is 0. The standard InChI is InChI=1S/C21H31N3O3/c25-21(24-11-13-27-20(15-24)18-4-2-1-3-5-18)22-19-6-9-23(10-7-19)14-17-8-12-26-16-17/h1-5,17,19-20H,6-16H2,(H,22,25). The number of piperidine rings is 1. The van der Waals surface area contributed by atoms with Crippen LogP contribution >= 0.6 is 0 Å². The fourth-order valence-corrected chi connectivity index (χ4v) is 4.32. The van der Waals surface area contributed by atoms with Gasteiger partial charge in [-0.2, -0.15) is 0 Å². The van der Waals surface area contributed by atoms with E-state index in [-0.39, 0.29) is 18.2 Å². The molecule has 1 N–H and O–H groups in total.